The molecule has 25 heavy (non-hydrogen) atoms. The van der Waals surface area contributed by atoms with Crippen molar-refractivity contribution >= 4 is 17.2 Å². The summed E-state index contributed by atoms with van der Waals surface area (Å²) in [6.45, 7) is 7.40. The van der Waals surface area contributed by atoms with Crippen LogP contribution in [0.2, 0.25) is 0 Å². The van der Waals surface area contributed by atoms with Crippen molar-refractivity contribution in [3.05, 3.63) is 45.7 Å². The standard InChI is InChI=1S/C18H24N4O2S/c1-3-15-16(25-13(2)21-15)12-20-18(23)17(14-5-4-6-19-11-14)22-7-9-24-10-8-22/h4-6,11,17H,3,7-10,12H2,1-2H3,(H,20,23). The van der Waals surface area contributed by atoms with Crippen molar-refractivity contribution in [1.29, 1.82) is 0 Å². The van der Waals surface area contributed by atoms with Crippen molar-refractivity contribution in [1.82, 2.24) is 20.2 Å². The van der Waals surface area contributed by atoms with E-state index in [4.69, 9.17) is 4.74 Å². The molecule has 134 valence electrons. The largest absolute Gasteiger partial charge is 0.379 e. The monoisotopic (exact) mass is 360 g/mol. The molecule has 3 rings (SSSR count). The molecule has 1 atom stereocenters. The lowest BCUT2D eigenvalue weighted by atomic mass is 10.1. The summed E-state index contributed by atoms with van der Waals surface area (Å²) in [5.74, 6) is 0.00278. The van der Waals surface area contributed by atoms with Crippen LogP contribution < -0.4 is 5.32 Å². The van der Waals surface area contributed by atoms with Crippen LogP contribution in [-0.4, -0.2) is 47.1 Å². The molecule has 0 aromatic carbocycles. The summed E-state index contributed by atoms with van der Waals surface area (Å²) in [7, 11) is 0. The molecule has 1 aliphatic heterocycles. The normalized spacial score (nSPS) is 16.6. The zero-order chi connectivity index (χ0) is 17.6. The molecule has 0 spiro atoms. The van der Waals surface area contributed by atoms with Gasteiger partial charge in [0.25, 0.3) is 0 Å². The molecule has 0 radical (unpaired) electrons. The summed E-state index contributed by atoms with van der Waals surface area (Å²) in [6, 6.07) is 3.50. The number of pyridine rings is 1. The van der Waals surface area contributed by atoms with Crippen LogP contribution in [0.25, 0.3) is 0 Å². The Morgan fingerprint density at radius 1 is 1.44 bits per heavy atom. The van der Waals surface area contributed by atoms with E-state index in [9.17, 15) is 4.79 Å². The van der Waals surface area contributed by atoms with Crippen LogP contribution >= 0.6 is 11.3 Å². The number of carbonyl (C=O) groups excluding carboxylic acids is 1. The van der Waals surface area contributed by atoms with Gasteiger partial charge in [-0.2, -0.15) is 0 Å². The third-order valence-corrected chi connectivity index (χ3v) is 5.32. The number of hydrogen-bond donors (Lipinski definition) is 1. The minimum absolute atomic E-state index is 0.00278. The van der Waals surface area contributed by atoms with E-state index in [0.717, 1.165) is 40.7 Å². The molecule has 0 aliphatic carbocycles. The van der Waals surface area contributed by atoms with Crippen molar-refractivity contribution in [3.8, 4) is 0 Å². The first kappa shape index (κ1) is 18.0. The molecule has 0 bridgehead atoms. The van der Waals surface area contributed by atoms with E-state index < -0.39 is 0 Å². The highest BCUT2D eigenvalue weighted by molar-refractivity contribution is 7.11. The Bertz CT molecular complexity index is 698. The topological polar surface area (TPSA) is 67.4 Å². The lowest BCUT2D eigenvalue weighted by molar-refractivity contribution is -0.128. The molecule has 3 heterocycles. The third kappa shape index (κ3) is 4.42. The number of thiazole rings is 1. The van der Waals surface area contributed by atoms with Gasteiger partial charge in [0.15, 0.2) is 0 Å². The van der Waals surface area contributed by atoms with Gasteiger partial charge in [0.2, 0.25) is 5.91 Å². The average molecular weight is 360 g/mol. The Labute approximate surface area is 152 Å². The van der Waals surface area contributed by atoms with Gasteiger partial charge < -0.3 is 10.1 Å². The van der Waals surface area contributed by atoms with Crippen LogP contribution in [0.4, 0.5) is 0 Å². The highest BCUT2D eigenvalue weighted by Crippen LogP contribution is 2.23. The minimum Gasteiger partial charge on any atom is -0.379 e. The molecule has 7 heteroatoms. The van der Waals surface area contributed by atoms with Gasteiger partial charge in [-0.15, -0.1) is 11.3 Å². The summed E-state index contributed by atoms with van der Waals surface area (Å²) in [4.78, 5) is 25.0. The fraction of sp³-hybridized carbons (Fsp3) is 0.500. The van der Waals surface area contributed by atoms with Gasteiger partial charge in [0.1, 0.15) is 6.04 Å². The Morgan fingerprint density at radius 3 is 2.92 bits per heavy atom. The molecule has 0 saturated carbocycles. The molecular weight excluding hydrogens is 336 g/mol. The third-order valence-electron chi connectivity index (χ3n) is 4.30. The Morgan fingerprint density at radius 2 is 2.24 bits per heavy atom. The average Bonchev–Trinajstić information content (AvgIpc) is 3.02. The fourth-order valence-electron chi connectivity index (χ4n) is 3.09. The maximum atomic E-state index is 13.0. The van der Waals surface area contributed by atoms with E-state index in [-0.39, 0.29) is 11.9 Å². The van der Waals surface area contributed by atoms with Crippen molar-refractivity contribution in [2.45, 2.75) is 32.9 Å². The zero-order valence-corrected chi connectivity index (χ0v) is 15.5. The Kier molecular flexibility index (Phi) is 6.12. The maximum Gasteiger partial charge on any atom is 0.242 e. The van der Waals surface area contributed by atoms with Crippen LogP contribution in [0.5, 0.6) is 0 Å². The molecule has 1 saturated heterocycles. The minimum atomic E-state index is -0.336. The van der Waals surface area contributed by atoms with Crippen LogP contribution in [-0.2, 0) is 22.5 Å². The molecule has 1 N–H and O–H groups in total. The first-order valence-electron chi connectivity index (χ1n) is 8.63. The number of carbonyl (C=O) groups is 1. The maximum absolute atomic E-state index is 13.0. The van der Waals surface area contributed by atoms with Gasteiger partial charge in [-0.25, -0.2) is 4.98 Å². The van der Waals surface area contributed by atoms with E-state index in [1.54, 1.807) is 23.7 Å². The van der Waals surface area contributed by atoms with E-state index >= 15 is 0 Å². The van der Waals surface area contributed by atoms with E-state index in [1.165, 1.54) is 0 Å². The SMILES string of the molecule is CCc1nc(C)sc1CNC(=O)C(c1cccnc1)N1CCOCC1. The number of aromatic nitrogens is 2. The fourth-order valence-corrected chi connectivity index (χ4v) is 4.06. The molecule has 6 nitrogen and oxygen atoms in total. The predicted molar refractivity (Wildman–Crippen MR) is 97.4 cm³/mol. The summed E-state index contributed by atoms with van der Waals surface area (Å²) in [6.07, 6.45) is 4.38. The molecule has 1 fully saturated rings. The van der Waals surface area contributed by atoms with E-state index in [0.29, 0.717) is 19.8 Å². The lowest BCUT2D eigenvalue weighted by Crippen LogP contribution is -2.45. The van der Waals surface area contributed by atoms with Gasteiger partial charge in [-0.05, 0) is 25.0 Å². The number of nitrogens with one attached hydrogen (secondary N) is 1. The summed E-state index contributed by atoms with van der Waals surface area (Å²) >= 11 is 1.65. The molecular formula is C18H24N4O2S. The smallest absolute Gasteiger partial charge is 0.242 e. The van der Waals surface area contributed by atoms with Crippen molar-refractivity contribution in [2.24, 2.45) is 0 Å². The molecule has 1 unspecified atom stereocenters. The quantitative estimate of drug-likeness (QED) is 0.854. The Hall–Kier alpha value is -1.83. The molecule has 1 aliphatic rings. The number of morpholine rings is 1. The van der Waals surface area contributed by atoms with Crippen LogP contribution in [0.1, 0.15) is 34.1 Å². The second-order valence-electron chi connectivity index (χ2n) is 6.01. The van der Waals surface area contributed by atoms with Crippen LogP contribution in [0.15, 0.2) is 24.5 Å². The summed E-state index contributed by atoms with van der Waals surface area (Å²) in [5, 5.41) is 4.14. The van der Waals surface area contributed by atoms with Crippen LogP contribution in [0, 0.1) is 6.92 Å². The number of ether oxygens (including phenoxy) is 1. The summed E-state index contributed by atoms with van der Waals surface area (Å²) < 4.78 is 5.43. The molecule has 2 aromatic rings. The number of hydrogen-bond acceptors (Lipinski definition) is 6. The summed E-state index contributed by atoms with van der Waals surface area (Å²) in [5.41, 5.74) is 1.99. The first-order valence-corrected chi connectivity index (χ1v) is 9.45. The number of rotatable bonds is 6. The Balaban J connectivity index is 1.74. The zero-order valence-electron chi connectivity index (χ0n) is 14.7. The molecule has 1 amide bonds. The van der Waals surface area contributed by atoms with Gasteiger partial charge in [0.05, 0.1) is 30.5 Å². The lowest BCUT2D eigenvalue weighted by Gasteiger charge is -2.33. The van der Waals surface area contributed by atoms with E-state index in [1.807, 2.05) is 19.1 Å². The second-order valence-corrected chi connectivity index (χ2v) is 7.30. The predicted octanol–water partition coefficient (Wildman–Crippen LogP) is 2.10. The number of nitrogens with zero attached hydrogens (tertiary/aromatic N) is 3. The van der Waals surface area contributed by atoms with Gasteiger partial charge in [-0.1, -0.05) is 13.0 Å². The van der Waals surface area contributed by atoms with Crippen molar-refractivity contribution in [3.63, 3.8) is 0 Å². The van der Waals surface area contributed by atoms with Crippen molar-refractivity contribution in [2.75, 3.05) is 26.3 Å². The molecule has 2 aromatic heterocycles. The van der Waals surface area contributed by atoms with Crippen molar-refractivity contribution < 1.29 is 9.53 Å². The second kappa shape index (κ2) is 8.51. The van der Waals surface area contributed by atoms with E-state index in [2.05, 4.69) is 27.1 Å². The van der Waals surface area contributed by atoms with Gasteiger partial charge >= 0.3 is 0 Å². The first-order chi connectivity index (χ1) is 12.2. The van der Waals surface area contributed by atoms with Gasteiger partial charge in [0, 0.05) is 30.4 Å². The number of aryl methyl sites for hydroxylation is 2. The van der Waals surface area contributed by atoms with Crippen LogP contribution in [0.3, 0.4) is 0 Å². The highest BCUT2D eigenvalue weighted by Gasteiger charge is 2.29. The highest BCUT2D eigenvalue weighted by atomic mass is 32.1. The van der Waals surface area contributed by atoms with Gasteiger partial charge in [-0.3, -0.25) is 14.7 Å². The number of amides is 1.